The van der Waals surface area contributed by atoms with Gasteiger partial charge in [-0.1, -0.05) is 71.9 Å². The molecule has 0 saturated heterocycles. The summed E-state index contributed by atoms with van der Waals surface area (Å²) in [6.45, 7) is 2.42. The molecule has 2 aromatic rings. The minimum absolute atomic E-state index is 0. The van der Waals surface area contributed by atoms with Crippen LogP contribution in [-0.2, 0) is 5.72 Å². The first kappa shape index (κ1) is 17.2. The molecule has 22 heavy (non-hydrogen) atoms. The molecule has 0 aromatic heterocycles. The smallest absolute Gasteiger partial charge is 0.444 e. The molecule has 5 heteroatoms. The average Bonchev–Trinajstić information content (AvgIpc) is 2.68. The van der Waals surface area contributed by atoms with Crippen LogP contribution in [-0.4, -0.2) is 29.4 Å². The van der Waals surface area contributed by atoms with Crippen molar-refractivity contribution < 1.29 is 34.7 Å². The van der Waals surface area contributed by atoms with Crippen molar-refractivity contribution in [2.45, 2.75) is 5.72 Å². The first-order valence-corrected chi connectivity index (χ1v) is 6.92. The van der Waals surface area contributed by atoms with Gasteiger partial charge in [0.2, 0.25) is 0 Å². The molecule has 0 saturated carbocycles. The van der Waals surface area contributed by atoms with Crippen LogP contribution in [0.1, 0.15) is 11.1 Å². The van der Waals surface area contributed by atoms with Gasteiger partial charge in [-0.2, -0.15) is 0 Å². The molecule has 0 spiro atoms. The maximum Gasteiger partial charge on any atom is 1.00 e. The van der Waals surface area contributed by atoms with E-state index < -0.39 is 5.72 Å². The molecule has 1 atom stereocenters. The third kappa shape index (κ3) is 3.43. The second-order valence-corrected chi connectivity index (χ2v) is 5.10. The van der Waals surface area contributed by atoms with Gasteiger partial charge in [0.15, 0.2) is 0 Å². The fourth-order valence-electron chi connectivity index (χ4n) is 2.48. The van der Waals surface area contributed by atoms with Crippen molar-refractivity contribution in [3.8, 4) is 0 Å². The van der Waals surface area contributed by atoms with E-state index in [1.807, 2.05) is 72.7 Å². The van der Waals surface area contributed by atoms with Crippen LogP contribution in [0, 0.1) is 6.54 Å². The van der Waals surface area contributed by atoms with E-state index in [1.165, 1.54) is 0 Å². The number of likely N-dealkylation sites (N-methyl/N-ethyl adjacent to an activating group) is 1. The normalized spacial score (nSPS) is 22.0. The number of hydrazine groups is 1. The zero-order chi connectivity index (χ0) is 14.7. The second-order valence-electron chi connectivity index (χ2n) is 5.10. The number of nitrogens with one attached hydrogen (secondary N) is 1. The van der Waals surface area contributed by atoms with Crippen LogP contribution < -0.4 is 35.0 Å². The average molecular weight is 303 g/mol. The van der Waals surface area contributed by atoms with Gasteiger partial charge in [0.05, 0.1) is 0 Å². The van der Waals surface area contributed by atoms with E-state index >= 15 is 0 Å². The number of rotatable bonds is 2. The van der Waals surface area contributed by atoms with E-state index in [0.717, 1.165) is 11.1 Å². The summed E-state index contributed by atoms with van der Waals surface area (Å²) in [6, 6.07) is 19.3. The Kier molecular flexibility index (Phi) is 5.81. The van der Waals surface area contributed by atoms with Crippen LogP contribution in [0.4, 0.5) is 0 Å². The molecule has 3 rings (SSSR count). The van der Waals surface area contributed by atoms with E-state index in [4.69, 9.17) is 0 Å². The first-order valence-electron chi connectivity index (χ1n) is 6.92. The Labute approximate surface area is 153 Å². The molecule has 1 unspecified atom stereocenters. The maximum absolute atomic E-state index is 11.3. The summed E-state index contributed by atoms with van der Waals surface area (Å²) in [5.74, 6) is 0. The van der Waals surface area contributed by atoms with E-state index in [2.05, 4.69) is 10.4 Å². The number of aliphatic hydroxyl groups is 1. The van der Waals surface area contributed by atoms with Gasteiger partial charge in [0, 0.05) is 7.05 Å². The molecule has 2 aromatic carbocycles. The Hall–Kier alpha value is -1.14. The molecule has 4 nitrogen and oxygen atoms in total. The van der Waals surface area contributed by atoms with Crippen LogP contribution in [0.5, 0.6) is 0 Å². The monoisotopic (exact) mass is 303 g/mol. The zero-order valence-corrected chi connectivity index (χ0v) is 14.9. The standard InChI is InChI=1S/C17H18N3O.Na/c1-20-13-12-18-16(14-8-4-2-5-9-14)17(21,19-20)15-10-6-3-7-11-15;/h2-12,19,21H,13H2,1H3;/q-1;+1. The summed E-state index contributed by atoms with van der Waals surface area (Å²) in [5.41, 5.74) is 4.04. The summed E-state index contributed by atoms with van der Waals surface area (Å²) >= 11 is 0. The van der Waals surface area contributed by atoms with Gasteiger partial charge in [0.25, 0.3) is 0 Å². The van der Waals surface area contributed by atoms with E-state index in [9.17, 15) is 5.11 Å². The second kappa shape index (κ2) is 7.42. The fourth-order valence-corrected chi connectivity index (χ4v) is 2.48. The summed E-state index contributed by atoms with van der Waals surface area (Å²) in [7, 11) is 1.88. The predicted molar refractivity (Wildman–Crippen MR) is 83.4 cm³/mol. The first-order chi connectivity index (χ1) is 10.2. The Morgan fingerprint density at radius 1 is 1.09 bits per heavy atom. The molecule has 2 N–H and O–H groups in total. The Balaban J connectivity index is 0.00000176. The third-order valence-corrected chi connectivity index (χ3v) is 3.51. The third-order valence-electron chi connectivity index (χ3n) is 3.51. The molecule has 0 bridgehead atoms. The van der Waals surface area contributed by atoms with Crippen molar-refractivity contribution in [3.05, 3.63) is 78.3 Å². The van der Waals surface area contributed by atoms with Crippen molar-refractivity contribution in [2.24, 2.45) is 4.99 Å². The van der Waals surface area contributed by atoms with Crippen molar-refractivity contribution in [2.75, 3.05) is 13.6 Å². The molecule has 1 heterocycles. The van der Waals surface area contributed by atoms with Crippen molar-refractivity contribution in [1.29, 1.82) is 0 Å². The van der Waals surface area contributed by atoms with Crippen LogP contribution in [0.25, 0.3) is 0 Å². The van der Waals surface area contributed by atoms with Crippen LogP contribution in [0.3, 0.4) is 0 Å². The summed E-state index contributed by atoms with van der Waals surface area (Å²) < 4.78 is 0. The quantitative estimate of drug-likeness (QED) is 0.549. The summed E-state index contributed by atoms with van der Waals surface area (Å²) in [4.78, 5) is 4.51. The van der Waals surface area contributed by atoms with Gasteiger partial charge >= 0.3 is 29.6 Å². The van der Waals surface area contributed by atoms with Crippen molar-refractivity contribution >= 4 is 5.71 Å². The number of benzene rings is 2. The Morgan fingerprint density at radius 3 is 2.32 bits per heavy atom. The summed E-state index contributed by atoms with van der Waals surface area (Å²) in [6.07, 6.45) is 0. The molecule has 0 aliphatic carbocycles. The van der Waals surface area contributed by atoms with Crippen molar-refractivity contribution in [3.63, 3.8) is 0 Å². The SMILES string of the molecule is CN1C[CH-]N=C(c2ccccc2)C(O)(c2ccccc2)N1.[Na+]. The predicted octanol–water partition coefficient (Wildman–Crippen LogP) is -1.06. The van der Waals surface area contributed by atoms with E-state index in [-0.39, 0.29) is 29.6 Å². The number of hydrogen-bond donors (Lipinski definition) is 2. The van der Waals surface area contributed by atoms with Gasteiger partial charge in [0.1, 0.15) is 5.72 Å². The number of hydrogen-bond acceptors (Lipinski definition) is 4. The largest absolute Gasteiger partial charge is 1.00 e. The molecule has 0 fully saturated rings. The fraction of sp³-hybridized carbons (Fsp3) is 0.176. The van der Waals surface area contributed by atoms with E-state index in [0.29, 0.717) is 12.3 Å². The van der Waals surface area contributed by atoms with Gasteiger partial charge in [-0.15, -0.1) is 6.54 Å². The topological polar surface area (TPSA) is 47.9 Å². The molecular weight excluding hydrogens is 285 g/mol. The van der Waals surface area contributed by atoms with Crippen LogP contribution in [0.15, 0.2) is 65.7 Å². The van der Waals surface area contributed by atoms with Gasteiger partial charge < -0.3 is 10.1 Å². The Morgan fingerprint density at radius 2 is 1.68 bits per heavy atom. The minimum Gasteiger partial charge on any atom is -0.444 e. The molecular formula is C17H18N3NaO. The molecule has 0 radical (unpaired) electrons. The summed E-state index contributed by atoms with van der Waals surface area (Å²) in [5, 5.41) is 13.1. The van der Waals surface area contributed by atoms with Gasteiger partial charge in [-0.05, 0) is 12.1 Å². The van der Waals surface area contributed by atoms with E-state index in [1.54, 1.807) is 6.54 Å². The zero-order valence-electron chi connectivity index (χ0n) is 12.9. The van der Waals surface area contributed by atoms with Gasteiger partial charge in [-0.3, -0.25) is 5.01 Å². The minimum atomic E-state index is -1.36. The van der Waals surface area contributed by atoms with Crippen molar-refractivity contribution in [1.82, 2.24) is 10.4 Å². The molecule has 108 valence electrons. The van der Waals surface area contributed by atoms with Gasteiger partial charge in [-0.25, -0.2) is 5.43 Å². The van der Waals surface area contributed by atoms with Crippen LogP contribution in [0.2, 0.25) is 0 Å². The number of nitrogens with zero attached hydrogens (tertiary/aromatic N) is 2. The molecule has 1 aliphatic heterocycles. The number of aliphatic imine (C=N–C) groups is 1. The maximum atomic E-state index is 11.3. The molecule has 1 aliphatic rings. The molecule has 0 amide bonds. The Bertz CT molecular complexity index is 633. The van der Waals surface area contributed by atoms with Crippen LogP contribution >= 0.6 is 0 Å².